The number of nitrogens with two attached hydrogens (primary N) is 2. The van der Waals surface area contributed by atoms with Crippen LogP contribution >= 0.6 is 11.3 Å². The van der Waals surface area contributed by atoms with Gasteiger partial charge in [-0.15, -0.1) is 11.3 Å². The van der Waals surface area contributed by atoms with Gasteiger partial charge in [0.15, 0.2) is 0 Å². The number of hydrogen-bond acceptors (Lipinski definition) is 5. The van der Waals surface area contributed by atoms with E-state index in [1.807, 2.05) is 0 Å². The summed E-state index contributed by atoms with van der Waals surface area (Å²) in [4.78, 5) is 37.5. The normalized spacial score (nSPS) is 13.6. The van der Waals surface area contributed by atoms with E-state index in [4.69, 9.17) is 11.5 Å². The molecular formula is C14H11N3O3S. The Morgan fingerprint density at radius 2 is 2.00 bits per heavy atom. The Bertz CT molecular complexity index is 782. The van der Waals surface area contributed by atoms with Crippen LogP contribution in [0.1, 0.15) is 36.0 Å². The fourth-order valence-corrected chi connectivity index (χ4v) is 3.11. The summed E-state index contributed by atoms with van der Waals surface area (Å²) >= 11 is 1.27. The van der Waals surface area contributed by atoms with Gasteiger partial charge in [-0.25, -0.2) is 0 Å². The summed E-state index contributed by atoms with van der Waals surface area (Å²) in [6.07, 6.45) is 0. The second-order valence-electron chi connectivity index (χ2n) is 4.63. The molecule has 0 fully saturated rings. The lowest BCUT2D eigenvalue weighted by Crippen LogP contribution is -2.28. The van der Waals surface area contributed by atoms with Crippen molar-refractivity contribution in [2.45, 2.75) is 6.54 Å². The van der Waals surface area contributed by atoms with Crippen LogP contribution in [0.3, 0.4) is 0 Å². The molecule has 1 aromatic heterocycles. The van der Waals surface area contributed by atoms with Crippen molar-refractivity contribution in [2.24, 2.45) is 5.73 Å². The van der Waals surface area contributed by atoms with Crippen molar-refractivity contribution in [3.05, 3.63) is 51.2 Å². The maximum Gasteiger partial charge on any atom is 0.263 e. The predicted octanol–water partition coefficient (Wildman–Crippen LogP) is 1.23. The van der Waals surface area contributed by atoms with E-state index in [0.29, 0.717) is 16.0 Å². The number of carbonyl (C=O) groups excluding carboxylic acids is 3. The van der Waals surface area contributed by atoms with Gasteiger partial charge in [0.2, 0.25) is 5.91 Å². The molecule has 0 unspecified atom stereocenters. The number of nitrogen functional groups attached to an aromatic ring is 1. The Kier molecular flexibility index (Phi) is 2.99. The SMILES string of the molecule is NC(=O)c1csc(CN2C(=O)c3cccc(N)c3C2=O)c1. The van der Waals surface area contributed by atoms with Crippen molar-refractivity contribution in [3.63, 3.8) is 0 Å². The molecule has 7 heteroatoms. The number of nitrogens with zero attached hydrogens (tertiary/aromatic N) is 1. The molecule has 0 atom stereocenters. The maximum atomic E-state index is 12.3. The van der Waals surface area contributed by atoms with Gasteiger partial charge in [0.25, 0.3) is 11.8 Å². The lowest BCUT2D eigenvalue weighted by atomic mass is 10.1. The fraction of sp³-hybridized carbons (Fsp3) is 0.0714. The first-order chi connectivity index (χ1) is 9.99. The topological polar surface area (TPSA) is 106 Å². The molecule has 0 saturated heterocycles. The molecular weight excluding hydrogens is 290 g/mol. The number of benzene rings is 1. The number of anilines is 1. The summed E-state index contributed by atoms with van der Waals surface area (Å²) < 4.78 is 0. The molecule has 106 valence electrons. The summed E-state index contributed by atoms with van der Waals surface area (Å²) in [5, 5.41) is 1.60. The molecule has 3 rings (SSSR count). The zero-order valence-corrected chi connectivity index (χ0v) is 11.6. The molecule has 1 aliphatic rings. The Hall–Kier alpha value is -2.67. The first kappa shape index (κ1) is 13.3. The van der Waals surface area contributed by atoms with Gasteiger partial charge in [0, 0.05) is 15.9 Å². The number of thiophene rings is 1. The van der Waals surface area contributed by atoms with Gasteiger partial charge >= 0.3 is 0 Å². The van der Waals surface area contributed by atoms with Crippen LogP contribution in [0.5, 0.6) is 0 Å². The maximum absolute atomic E-state index is 12.3. The van der Waals surface area contributed by atoms with Gasteiger partial charge in [0.05, 0.1) is 23.2 Å². The quantitative estimate of drug-likeness (QED) is 0.656. The van der Waals surface area contributed by atoms with Crippen molar-refractivity contribution in [1.29, 1.82) is 0 Å². The molecule has 0 spiro atoms. The minimum atomic E-state index is -0.538. The first-order valence-electron chi connectivity index (χ1n) is 6.11. The Balaban J connectivity index is 1.91. The minimum Gasteiger partial charge on any atom is -0.398 e. The summed E-state index contributed by atoms with van der Waals surface area (Å²) in [7, 11) is 0. The first-order valence-corrected chi connectivity index (χ1v) is 6.99. The summed E-state index contributed by atoms with van der Waals surface area (Å²) in [5.74, 6) is -1.33. The number of amides is 3. The zero-order chi connectivity index (χ0) is 15.1. The lowest BCUT2D eigenvalue weighted by Gasteiger charge is -2.12. The minimum absolute atomic E-state index is 0.101. The van der Waals surface area contributed by atoms with E-state index in [1.165, 1.54) is 11.3 Å². The lowest BCUT2D eigenvalue weighted by molar-refractivity contribution is 0.0644. The molecule has 0 radical (unpaired) electrons. The number of primary amides is 1. The number of hydrogen-bond donors (Lipinski definition) is 2. The Morgan fingerprint density at radius 3 is 2.62 bits per heavy atom. The largest absolute Gasteiger partial charge is 0.398 e. The predicted molar refractivity (Wildman–Crippen MR) is 77.9 cm³/mol. The molecule has 3 amide bonds. The van der Waals surface area contributed by atoms with Gasteiger partial charge in [-0.3, -0.25) is 19.3 Å². The zero-order valence-electron chi connectivity index (χ0n) is 10.8. The van der Waals surface area contributed by atoms with Crippen LogP contribution in [-0.2, 0) is 6.54 Å². The highest BCUT2D eigenvalue weighted by molar-refractivity contribution is 7.10. The van der Waals surface area contributed by atoms with E-state index in [0.717, 1.165) is 4.90 Å². The van der Waals surface area contributed by atoms with E-state index >= 15 is 0 Å². The third-order valence-corrected chi connectivity index (χ3v) is 4.20. The highest BCUT2D eigenvalue weighted by Gasteiger charge is 2.37. The number of carbonyl (C=O) groups is 3. The van der Waals surface area contributed by atoms with Crippen LogP contribution in [-0.4, -0.2) is 22.6 Å². The van der Waals surface area contributed by atoms with Crippen LogP contribution in [0.4, 0.5) is 5.69 Å². The Labute approximate surface area is 124 Å². The Morgan fingerprint density at radius 1 is 1.24 bits per heavy atom. The molecule has 6 nitrogen and oxygen atoms in total. The molecule has 0 saturated carbocycles. The van der Waals surface area contributed by atoms with Gasteiger partial charge in [-0.05, 0) is 18.2 Å². The molecule has 4 N–H and O–H groups in total. The van der Waals surface area contributed by atoms with Crippen molar-refractivity contribution in [1.82, 2.24) is 4.90 Å². The molecule has 2 aromatic rings. The van der Waals surface area contributed by atoms with E-state index in [9.17, 15) is 14.4 Å². The number of fused-ring (bicyclic) bond motifs is 1. The van der Waals surface area contributed by atoms with Crippen LogP contribution < -0.4 is 11.5 Å². The van der Waals surface area contributed by atoms with Crippen LogP contribution in [0.25, 0.3) is 0 Å². The molecule has 2 heterocycles. The van der Waals surface area contributed by atoms with Crippen molar-refractivity contribution < 1.29 is 14.4 Å². The second-order valence-corrected chi connectivity index (χ2v) is 5.63. The highest BCUT2D eigenvalue weighted by Crippen LogP contribution is 2.29. The molecule has 21 heavy (non-hydrogen) atoms. The summed E-state index contributed by atoms with van der Waals surface area (Å²) in [6, 6.07) is 6.39. The average molecular weight is 301 g/mol. The van der Waals surface area contributed by atoms with Crippen molar-refractivity contribution in [2.75, 3.05) is 5.73 Å². The van der Waals surface area contributed by atoms with Crippen LogP contribution in [0.2, 0.25) is 0 Å². The second kappa shape index (κ2) is 4.71. The standard InChI is InChI=1S/C14H11N3O3S/c15-10-3-1-2-9-11(10)14(20)17(13(9)19)5-8-4-7(6-21-8)12(16)18/h1-4,6H,5,15H2,(H2,16,18). The highest BCUT2D eigenvalue weighted by atomic mass is 32.1. The van der Waals surface area contributed by atoms with E-state index in [-0.39, 0.29) is 23.7 Å². The third-order valence-electron chi connectivity index (χ3n) is 3.28. The van der Waals surface area contributed by atoms with Gasteiger partial charge in [-0.2, -0.15) is 0 Å². The van der Waals surface area contributed by atoms with Gasteiger partial charge in [-0.1, -0.05) is 6.07 Å². The fourth-order valence-electron chi connectivity index (χ4n) is 2.25. The van der Waals surface area contributed by atoms with E-state index < -0.39 is 11.8 Å². The molecule has 0 aliphatic carbocycles. The van der Waals surface area contributed by atoms with Gasteiger partial charge < -0.3 is 11.5 Å². The molecule has 1 aliphatic heterocycles. The molecule has 0 bridgehead atoms. The number of imide groups is 1. The van der Waals surface area contributed by atoms with Crippen LogP contribution in [0.15, 0.2) is 29.6 Å². The summed E-state index contributed by atoms with van der Waals surface area (Å²) in [5.41, 5.74) is 12.2. The number of rotatable bonds is 3. The van der Waals surface area contributed by atoms with Crippen molar-refractivity contribution >= 4 is 34.7 Å². The monoisotopic (exact) mass is 301 g/mol. The summed E-state index contributed by atoms with van der Waals surface area (Å²) in [6.45, 7) is 0.101. The van der Waals surface area contributed by atoms with E-state index in [1.54, 1.807) is 29.6 Å². The third kappa shape index (κ3) is 2.07. The average Bonchev–Trinajstić information content (AvgIpc) is 3.00. The smallest absolute Gasteiger partial charge is 0.263 e. The molecule has 1 aromatic carbocycles. The van der Waals surface area contributed by atoms with Crippen LogP contribution in [0, 0.1) is 0 Å². The van der Waals surface area contributed by atoms with E-state index in [2.05, 4.69) is 0 Å². The van der Waals surface area contributed by atoms with Crippen molar-refractivity contribution in [3.8, 4) is 0 Å². The van der Waals surface area contributed by atoms with Gasteiger partial charge in [0.1, 0.15) is 0 Å².